The molecule has 0 radical (unpaired) electrons. The molecule has 2 aromatic rings. The van der Waals surface area contributed by atoms with Crippen molar-refractivity contribution >= 4 is 28.9 Å². The van der Waals surface area contributed by atoms with Crippen molar-refractivity contribution in [2.45, 2.75) is 45.1 Å². The van der Waals surface area contributed by atoms with Crippen LogP contribution in [0.15, 0.2) is 48.5 Å². The molecular weight excluding hydrogens is 378 g/mol. The Hall–Kier alpha value is -3.02. The normalized spacial score (nSPS) is 19.0. The van der Waals surface area contributed by atoms with Crippen LogP contribution >= 0.6 is 0 Å². The number of carbonyl (C=O) groups is 2. The van der Waals surface area contributed by atoms with Gasteiger partial charge >= 0.3 is 0 Å². The summed E-state index contributed by atoms with van der Waals surface area (Å²) in [7, 11) is 0. The highest BCUT2D eigenvalue weighted by molar-refractivity contribution is 6.01. The first-order valence-corrected chi connectivity index (χ1v) is 10.8. The average molecular weight is 408 g/mol. The molecule has 2 amide bonds. The Kier molecular flexibility index (Phi) is 6.21. The predicted octanol–water partition coefficient (Wildman–Crippen LogP) is 4.21. The highest BCUT2D eigenvalue weighted by Crippen LogP contribution is 2.34. The quantitative estimate of drug-likeness (QED) is 0.807. The van der Waals surface area contributed by atoms with Crippen LogP contribution in [-0.2, 0) is 9.59 Å². The minimum absolute atomic E-state index is 0.0957. The number of fused-ring (bicyclic) bond motifs is 1. The summed E-state index contributed by atoms with van der Waals surface area (Å²) >= 11 is 0. The summed E-state index contributed by atoms with van der Waals surface area (Å²) in [5.74, 6) is 0.463. The first kappa shape index (κ1) is 20.3. The van der Waals surface area contributed by atoms with Gasteiger partial charge in [0.15, 0.2) is 6.10 Å². The first-order valence-electron chi connectivity index (χ1n) is 10.8. The molecule has 2 aliphatic rings. The summed E-state index contributed by atoms with van der Waals surface area (Å²) in [6.07, 6.45) is 4.56. The van der Waals surface area contributed by atoms with Gasteiger partial charge in [-0.25, -0.2) is 0 Å². The maximum absolute atomic E-state index is 12.8. The molecule has 1 atom stereocenters. The average Bonchev–Trinajstić information content (AvgIpc) is 3.04. The Morgan fingerprint density at radius 2 is 1.67 bits per heavy atom. The van der Waals surface area contributed by atoms with Crippen LogP contribution in [0.4, 0.5) is 17.1 Å². The molecule has 1 saturated heterocycles. The van der Waals surface area contributed by atoms with Crippen molar-refractivity contribution in [1.29, 1.82) is 0 Å². The van der Waals surface area contributed by atoms with Crippen LogP contribution in [0.25, 0.3) is 0 Å². The van der Waals surface area contributed by atoms with E-state index < -0.39 is 6.10 Å². The zero-order valence-electron chi connectivity index (χ0n) is 17.5. The molecule has 1 N–H and O–H groups in total. The number of hydrogen-bond acceptors (Lipinski definition) is 4. The van der Waals surface area contributed by atoms with E-state index in [2.05, 4.69) is 16.3 Å². The fourth-order valence-corrected chi connectivity index (χ4v) is 4.18. The molecule has 2 aromatic carbocycles. The van der Waals surface area contributed by atoms with E-state index in [4.69, 9.17) is 4.74 Å². The summed E-state index contributed by atoms with van der Waals surface area (Å²) in [6, 6.07) is 15.4. The number of nitrogens with zero attached hydrogens (tertiary/aromatic N) is 2. The van der Waals surface area contributed by atoms with Gasteiger partial charge in [0, 0.05) is 26.1 Å². The topological polar surface area (TPSA) is 61.9 Å². The number of ether oxygens (including phenoxy) is 1. The third kappa shape index (κ3) is 4.42. The largest absolute Gasteiger partial charge is 0.479 e. The van der Waals surface area contributed by atoms with E-state index in [1.807, 2.05) is 42.5 Å². The highest BCUT2D eigenvalue weighted by atomic mass is 16.5. The summed E-state index contributed by atoms with van der Waals surface area (Å²) in [5, 5.41) is 3.07. The van der Waals surface area contributed by atoms with E-state index in [1.165, 1.54) is 25.7 Å². The summed E-state index contributed by atoms with van der Waals surface area (Å²) in [6.45, 7) is 4.09. The van der Waals surface area contributed by atoms with Crippen LogP contribution < -0.4 is 19.9 Å². The molecule has 0 bridgehead atoms. The van der Waals surface area contributed by atoms with Crippen LogP contribution in [0.5, 0.6) is 5.75 Å². The second-order valence-electron chi connectivity index (χ2n) is 7.93. The molecule has 0 aliphatic carbocycles. The first-order chi connectivity index (χ1) is 14.6. The van der Waals surface area contributed by atoms with Crippen molar-refractivity contribution in [3.8, 4) is 5.75 Å². The van der Waals surface area contributed by atoms with Crippen LogP contribution in [0.3, 0.4) is 0 Å². The molecule has 0 spiro atoms. The molecule has 2 aliphatic heterocycles. The van der Waals surface area contributed by atoms with Gasteiger partial charge < -0.3 is 19.9 Å². The predicted molar refractivity (Wildman–Crippen MR) is 119 cm³/mol. The number of amides is 2. The number of anilines is 3. The zero-order chi connectivity index (χ0) is 20.9. The van der Waals surface area contributed by atoms with Crippen LogP contribution in [0, 0.1) is 0 Å². The number of hydrogen-bond donors (Lipinski definition) is 1. The van der Waals surface area contributed by atoms with Gasteiger partial charge in [0.05, 0.1) is 17.1 Å². The summed E-state index contributed by atoms with van der Waals surface area (Å²) < 4.78 is 5.67. The van der Waals surface area contributed by atoms with Crippen LogP contribution in [-0.4, -0.2) is 37.6 Å². The zero-order valence-corrected chi connectivity index (χ0v) is 17.5. The molecule has 6 nitrogen and oxygen atoms in total. The van der Waals surface area contributed by atoms with Gasteiger partial charge in [-0.05, 0) is 44.0 Å². The minimum atomic E-state index is -0.549. The fraction of sp³-hybridized carbons (Fsp3) is 0.417. The molecule has 1 fully saturated rings. The van der Waals surface area contributed by atoms with E-state index in [0.29, 0.717) is 12.3 Å². The van der Waals surface area contributed by atoms with E-state index in [-0.39, 0.29) is 18.2 Å². The molecule has 0 saturated carbocycles. The molecule has 4 rings (SSSR count). The van der Waals surface area contributed by atoms with Crippen molar-refractivity contribution in [3.63, 3.8) is 0 Å². The summed E-state index contributed by atoms with van der Waals surface area (Å²) in [4.78, 5) is 29.4. The lowest BCUT2D eigenvalue weighted by Crippen LogP contribution is -2.45. The minimum Gasteiger partial charge on any atom is -0.479 e. The van der Waals surface area contributed by atoms with E-state index in [0.717, 1.165) is 30.2 Å². The van der Waals surface area contributed by atoms with Gasteiger partial charge in [0.2, 0.25) is 5.91 Å². The number of benzene rings is 2. The third-order valence-corrected chi connectivity index (χ3v) is 5.76. The Bertz CT molecular complexity index is 906. The van der Waals surface area contributed by atoms with Crippen molar-refractivity contribution in [2.24, 2.45) is 0 Å². The molecule has 1 unspecified atom stereocenters. The van der Waals surface area contributed by atoms with Crippen LogP contribution in [0.2, 0.25) is 0 Å². The molecule has 2 heterocycles. The smallest absolute Gasteiger partial charge is 0.267 e. The number of rotatable bonds is 5. The molecule has 30 heavy (non-hydrogen) atoms. The lowest BCUT2D eigenvalue weighted by atomic mass is 10.1. The van der Waals surface area contributed by atoms with Crippen molar-refractivity contribution in [1.82, 2.24) is 0 Å². The number of carbonyl (C=O) groups excluding carboxylic acids is 2. The van der Waals surface area contributed by atoms with E-state index in [9.17, 15) is 9.59 Å². The van der Waals surface area contributed by atoms with Gasteiger partial charge in [-0.3, -0.25) is 9.59 Å². The lowest BCUT2D eigenvalue weighted by Gasteiger charge is -2.32. The van der Waals surface area contributed by atoms with E-state index >= 15 is 0 Å². The van der Waals surface area contributed by atoms with Gasteiger partial charge in [0.25, 0.3) is 5.91 Å². The highest BCUT2D eigenvalue weighted by Gasteiger charge is 2.31. The lowest BCUT2D eigenvalue weighted by molar-refractivity contribution is -0.125. The van der Waals surface area contributed by atoms with Crippen molar-refractivity contribution in [2.75, 3.05) is 34.8 Å². The maximum atomic E-state index is 12.8. The fourth-order valence-electron chi connectivity index (χ4n) is 4.18. The van der Waals surface area contributed by atoms with Gasteiger partial charge in [-0.2, -0.15) is 0 Å². The maximum Gasteiger partial charge on any atom is 0.267 e. The van der Waals surface area contributed by atoms with Gasteiger partial charge in [0.1, 0.15) is 5.75 Å². The Labute approximate surface area is 177 Å². The molecule has 0 aromatic heterocycles. The Balaban J connectivity index is 1.43. The summed E-state index contributed by atoms with van der Waals surface area (Å²) in [5.41, 5.74) is 2.64. The second kappa shape index (κ2) is 9.20. The number of para-hydroxylation sites is 4. The Morgan fingerprint density at radius 1 is 1.00 bits per heavy atom. The standard InChI is InChI=1S/C24H29N3O3/c1-18-24(29)27(21-12-6-7-13-22(21)30-18)17-14-23(28)25-19-10-4-5-11-20(19)26-15-8-2-3-9-16-26/h4-7,10-13,18H,2-3,8-9,14-17H2,1H3,(H,25,28). The van der Waals surface area contributed by atoms with E-state index in [1.54, 1.807) is 11.8 Å². The van der Waals surface area contributed by atoms with Crippen molar-refractivity contribution < 1.29 is 14.3 Å². The molecule has 158 valence electrons. The second-order valence-corrected chi connectivity index (χ2v) is 7.93. The monoisotopic (exact) mass is 407 g/mol. The SMILES string of the molecule is CC1Oc2ccccc2N(CCC(=O)Nc2ccccc2N2CCCCCC2)C1=O. The van der Waals surface area contributed by atoms with Gasteiger partial charge in [-0.15, -0.1) is 0 Å². The number of nitrogens with one attached hydrogen (secondary N) is 1. The van der Waals surface area contributed by atoms with Gasteiger partial charge in [-0.1, -0.05) is 37.1 Å². The van der Waals surface area contributed by atoms with Crippen LogP contribution in [0.1, 0.15) is 39.0 Å². The molecular formula is C24H29N3O3. The third-order valence-electron chi connectivity index (χ3n) is 5.76. The molecule has 6 heteroatoms. The Morgan fingerprint density at radius 3 is 2.43 bits per heavy atom. The van der Waals surface area contributed by atoms with Crippen molar-refractivity contribution in [3.05, 3.63) is 48.5 Å².